The van der Waals surface area contributed by atoms with Crippen molar-refractivity contribution in [1.29, 1.82) is 0 Å². The summed E-state index contributed by atoms with van der Waals surface area (Å²) in [5.74, 6) is 1.45. The zero-order valence-electron chi connectivity index (χ0n) is 15.6. The molecule has 29 heavy (non-hydrogen) atoms. The van der Waals surface area contributed by atoms with Crippen molar-refractivity contribution in [3.8, 4) is 17.2 Å². The monoisotopic (exact) mass is 392 g/mol. The van der Waals surface area contributed by atoms with Gasteiger partial charge >= 0.3 is 5.69 Å². The van der Waals surface area contributed by atoms with Gasteiger partial charge in [0.25, 0.3) is 0 Å². The minimum absolute atomic E-state index is 0.0882. The fraction of sp³-hybridized carbons (Fsp3) is 0.136. The smallest absolute Gasteiger partial charge is 0.310 e. The summed E-state index contributed by atoms with van der Waals surface area (Å²) >= 11 is 0. The molecule has 0 saturated carbocycles. The molecule has 0 heterocycles. The molecule has 0 spiro atoms. The van der Waals surface area contributed by atoms with Crippen molar-refractivity contribution in [3.63, 3.8) is 0 Å². The highest BCUT2D eigenvalue weighted by atomic mass is 16.6. The Morgan fingerprint density at radius 3 is 2.28 bits per heavy atom. The second-order valence-electron chi connectivity index (χ2n) is 6.16. The first-order chi connectivity index (χ1) is 14.1. The van der Waals surface area contributed by atoms with E-state index in [0.29, 0.717) is 17.9 Å². The van der Waals surface area contributed by atoms with Gasteiger partial charge < -0.3 is 14.8 Å². The number of carbonyl (C=O) groups is 1. The Kier molecular flexibility index (Phi) is 6.78. The third kappa shape index (κ3) is 6.07. The molecule has 0 aliphatic heterocycles. The van der Waals surface area contributed by atoms with Gasteiger partial charge in [0.15, 0.2) is 5.75 Å². The van der Waals surface area contributed by atoms with Crippen LogP contribution >= 0.6 is 0 Å². The number of hydrogen-bond acceptors (Lipinski definition) is 5. The number of amides is 1. The summed E-state index contributed by atoms with van der Waals surface area (Å²) in [6.45, 7) is 0.210. The molecule has 7 heteroatoms. The summed E-state index contributed by atoms with van der Waals surface area (Å²) in [6, 6.07) is 22.7. The maximum absolute atomic E-state index is 12.1. The SMILES string of the molecule is O=C(CCCOc1ccccc1[N+](=O)[O-])Nc1ccc(Oc2ccccc2)cc1. The van der Waals surface area contributed by atoms with Gasteiger partial charge in [0.2, 0.25) is 5.91 Å². The van der Waals surface area contributed by atoms with Crippen LogP contribution in [0.2, 0.25) is 0 Å². The van der Waals surface area contributed by atoms with Crippen molar-refractivity contribution in [3.05, 3.63) is 89.0 Å². The van der Waals surface area contributed by atoms with Crippen LogP contribution in [0.15, 0.2) is 78.9 Å². The Labute approximate surface area is 168 Å². The maximum atomic E-state index is 12.1. The van der Waals surface area contributed by atoms with Gasteiger partial charge in [-0.2, -0.15) is 0 Å². The van der Waals surface area contributed by atoms with Crippen molar-refractivity contribution < 1.29 is 19.2 Å². The zero-order valence-corrected chi connectivity index (χ0v) is 15.6. The first-order valence-corrected chi connectivity index (χ1v) is 9.11. The summed E-state index contributed by atoms with van der Waals surface area (Å²) < 4.78 is 11.1. The highest BCUT2D eigenvalue weighted by molar-refractivity contribution is 5.90. The lowest BCUT2D eigenvalue weighted by Gasteiger charge is -2.09. The summed E-state index contributed by atoms with van der Waals surface area (Å²) in [4.78, 5) is 22.5. The molecular weight excluding hydrogens is 372 g/mol. The van der Waals surface area contributed by atoms with Crippen LogP contribution in [0.1, 0.15) is 12.8 Å². The second-order valence-corrected chi connectivity index (χ2v) is 6.16. The highest BCUT2D eigenvalue weighted by Gasteiger charge is 2.13. The summed E-state index contributed by atoms with van der Waals surface area (Å²) in [5, 5.41) is 13.7. The van der Waals surface area contributed by atoms with Crippen LogP contribution in [0.4, 0.5) is 11.4 Å². The normalized spacial score (nSPS) is 10.2. The molecular formula is C22H20N2O5. The number of benzene rings is 3. The molecule has 0 aliphatic rings. The van der Waals surface area contributed by atoms with Gasteiger partial charge in [0.1, 0.15) is 11.5 Å². The molecule has 0 aromatic heterocycles. The number of nitro groups is 1. The fourth-order valence-electron chi connectivity index (χ4n) is 2.60. The van der Waals surface area contributed by atoms with Crippen LogP contribution in [0.3, 0.4) is 0 Å². The minimum atomic E-state index is -0.493. The van der Waals surface area contributed by atoms with Gasteiger partial charge in [-0.25, -0.2) is 0 Å². The number of nitrogens with zero attached hydrogens (tertiary/aromatic N) is 1. The van der Waals surface area contributed by atoms with E-state index in [9.17, 15) is 14.9 Å². The van der Waals surface area contributed by atoms with E-state index in [-0.39, 0.29) is 30.4 Å². The maximum Gasteiger partial charge on any atom is 0.310 e. The minimum Gasteiger partial charge on any atom is -0.487 e. The van der Waals surface area contributed by atoms with Crippen LogP contribution in [-0.2, 0) is 4.79 Å². The average molecular weight is 392 g/mol. The molecule has 0 atom stereocenters. The number of carbonyl (C=O) groups excluding carboxylic acids is 1. The van der Waals surface area contributed by atoms with E-state index in [1.807, 2.05) is 30.3 Å². The van der Waals surface area contributed by atoms with Crippen molar-refractivity contribution >= 4 is 17.3 Å². The Balaban J connectivity index is 1.42. The van der Waals surface area contributed by atoms with Crippen molar-refractivity contribution in [2.75, 3.05) is 11.9 Å². The molecule has 0 fully saturated rings. The van der Waals surface area contributed by atoms with Crippen LogP contribution in [0.25, 0.3) is 0 Å². The standard InChI is InChI=1S/C22H20N2O5/c25-22(11-6-16-28-21-10-5-4-9-20(21)24(26)27)23-17-12-14-19(15-13-17)29-18-7-2-1-3-8-18/h1-5,7-10,12-15H,6,11,16H2,(H,23,25). The zero-order chi connectivity index (χ0) is 20.5. The molecule has 3 rings (SSSR count). The predicted molar refractivity (Wildman–Crippen MR) is 109 cm³/mol. The molecule has 1 N–H and O–H groups in total. The number of nitrogens with one attached hydrogen (secondary N) is 1. The first-order valence-electron chi connectivity index (χ1n) is 9.11. The molecule has 0 radical (unpaired) electrons. The number of ether oxygens (including phenoxy) is 2. The number of nitro benzene ring substituents is 1. The molecule has 0 unspecified atom stereocenters. The molecule has 0 saturated heterocycles. The molecule has 3 aromatic rings. The van der Waals surface area contributed by atoms with Crippen LogP contribution in [0.5, 0.6) is 17.2 Å². The first kappa shape index (κ1) is 19.9. The largest absolute Gasteiger partial charge is 0.487 e. The lowest BCUT2D eigenvalue weighted by atomic mass is 10.2. The third-order valence-corrected chi connectivity index (χ3v) is 3.98. The van der Waals surface area contributed by atoms with Crippen molar-refractivity contribution in [2.24, 2.45) is 0 Å². The summed E-state index contributed by atoms with van der Waals surface area (Å²) in [7, 11) is 0. The highest BCUT2D eigenvalue weighted by Crippen LogP contribution is 2.26. The Morgan fingerprint density at radius 1 is 0.897 bits per heavy atom. The lowest BCUT2D eigenvalue weighted by Crippen LogP contribution is -2.12. The lowest BCUT2D eigenvalue weighted by molar-refractivity contribution is -0.385. The van der Waals surface area contributed by atoms with Crippen LogP contribution in [0, 0.1) is 10.1 Å². The van der Waals surface area contributed by atoms with E-state index < -0.39 is 4.92 Å². The Hall–Kier alpha value is -3.87. The number of para-hydroxylation sites is 3. The number of rotatable bonds is 9. The third-order valence-electron chi connectivity index (χ3n) is 3.98. The van der Waals surface area contributed by atoms with E-state index in [1.54, 1.807) is 36.4 Å². The Morgan fingerprint density at radius 2 is 1.55 bits per heavy atom. The van der Waals surface area contributed by atoms with E-state index in [0.717, 1.165) is 5.75 Å². The van der Waals surface area contributed by atoms with E-state index >= 15 is 0 Å². The van der Waals surface area contributed by atoms with E-state index in [1.165, 1.54) is 12.1 Å². The molecule has 7 nitrogen and oxygen atoms in total. The molecule has 0 bridgehead atoms. The molecule has 148 valence electrons. The van der Waals surface area contributed by atoms with Crippen LogP contribution in [-0.4, -0.2) is 17.4 Å². The quantitative estimate of drug-likeness (QED) is 0.308. The molecule has 1 amide bonds. The van der Waals surface area contributed by atoms with Gasteiger partial charge in [0.05, 0.1) is 11.5 Å². The number of hydrogen-bond donors (Lipinski definition) is 1. The summed E-state index contributed by atoms with van der Waals surface area (Å²) in [5.41, 5.74) is 0.574. The average Bonchev–Trinajstić information content (AvgIpc) is 2.73. The molecule has 0 aliphatic carbocycles. The van der Waals surface area contributed by atoms with Gasteiger partial charge in [0, 0.05) is 18.2 Å². The van der Waals surface area contributed by atoms with Gasteiger partial charge in [-0.1, -0.05) is 30.3 Å². The summed E-state index contributed by atoms with van der Waals surface area (Å²) in [6.07, 6.45) is 0.677. The van der Waals surface area contributed by atoms with Gasteiger partial charge in [-0.3, -0.25) is 14.9 Å². The Bertz CT molecular complexity index is 958. The van der Waals surface area contributed by atoms with E-state index in [2.05, 4.69) is 5.32 Å². The second kappa shape index (κ2) is 9.89. The predicted octanol–water partition coefficient (Wildman–Crippen LogP) is 5.18. The fourth-order valence-corrected chi connectivity index (χ4v) is 2.60. The van der Waals surface area contributed by atoms with Crippen LogP contribution < -0.4 is 14.8 Å². The number of anilines is 1. The molecule has 3 aromatic carbocycles. The van der Waals surface area contributed by atoms with Crippen molar-refractivity contribution in [1.82, 2.24) is 0 Å². The topological polar surface area (TPSA) is 90.7 Å². The van der Waals surface area contributed by atoms with E-state index in [4.69, 9.17) is 9.47 Å². The van der Waals surface area contributed by atoms with Gasteiger partial charge in [-0.15, -0.1) is 0 Å². The van der Waals surface area contributed by atoms with Gasteiger partial charge in [-0.05, 0) is 48.9 Å². The van der Waals surface area contributed by atoms with Crippen molar-refractivity contribution in [2.45, 2.75) is 12.8 Å².